The summed E-state index contributed by atoms with van der Waals surface area (Å²) in [7, 11) is 3.98. The third-order valence-corrected chi connectivity index (χ3v) is 3.36. The maximum atomic E-state index is 9.07. The molecular formula is C15H16BrNO2. The minimum absolute atomic E-state index is 0.0228. The minimum atomic E-state index is 0.0228. The standard InChI is InChI=1S/C15H16BrNO2/c1-17(2)12-4-3-5-13(9-12)19-15-7-6-11(10-18)8-14(15)16/h3-9,18H,10H2,1-2H3. The molecule has 2 rings (SSSR count). The van der Waals surface area contributed by atoms with Gasteiger partial charge in [0.05, 0.1) is 11.1 Å². The van der Waals surface area contributed by atoms with Crippen LogP contribution < -0.4 is 9.64 Å². The van der Waals surface area contributed by atoms with Crippen molar-refractivity contribution in [1.82, 2.24) is 0 Å². The molecule has 0 amide bonds. The molecule has 3 nitrogen and oxygen atoms in total. The molecule has 0 saturated carbocycles. The second-order valence-electron chi connectivity index (χ2n) is 4.42. The maximum absolute atomic E-state index is 9.07. The Bertz CT molecular complexity index is 570. The molecule has 0 heterocycles. The van der Waals surface area contributed by atoms with Crippen LogP contribution in [0.3, 0.4) is 0 Å². The third kappa shape index (κ3) is 3.49. The number of halogens is 1. The van der Waals surface area contributed by atoms with Crippen LogP contribution in [0.4, 0.5) is 5.69 Å². The summed E-state index contributed by atoms with van der Waals surface area (Å²) < 4.78 is 6.67. The second-order valence-corrected chi connectivity index (χ2v) is 5.27. The second kappa shape index (κ2) is 6.08. The van der Waals surface area contributed by atoms with Crippen LogP contribution in [0.25, 0.3) is 0 Å². The molecule has 1 N–H and O–H groups in total. The Morgan fingerprint density at radius 1 is 1.16 bits per heavy atom. The summed E-state index contributed by atoms with van der Waals surface area (Å²) in [6.45, 7) is 0.0228. The maximum Gasteiger partial charge on any atom is 0.141 e. The molecule has 0 saturated heterocycles. The molecule has 0 fully saturated rings. The summed E-state index contributed by atoms with van der Waals surface area (Å²) in [5.41, 5.74) is 1.93. The van der Waals surface area contributed by atoms with E-state index in [2.05, 4.69) is 15.9 Å². The number of hydrogen-bond donors (Lipinski definition) is 1. The van der Waals surface area contributed by atoms with Gasteiger partial charge in [-0.2, -0.15) is 0 Å². The van der Waals surface area contributed by atoms with Crippen LogP contribution in [-0.4, -0.2) is 19.2 Å². The summed E-state index contributed by atoms with van der Waals surface area (Å²) in [5.74, 6) is 1.51. The van der Waals surface area contributed by atoms with Crippen molar-refractivity contribution in [2.24, 2.45) is 0 Å². The van der Waals surface area contributed by atoms with E-state index in [-0.39, 0.29) is 6.61 Å². The van der Waals surface area contributed by atoms with Gasteiger partial charge in [-0.15, -0.1) is 0 Å². The topological polar surface area (TPSA) is 32.7 Å². The van der Waals surface area contributed by atoms with Gasteiger partial charge >= 0.3 is 0 Å². The smallest absolute Gasteiger partial charge is 0.141 e. The largest absolute Gasteiger partial charge is 0.456 e. The number of aliphatic hydroxyl groups excluding tert-OH is 1. The number of ether oxygens (including phenoxy) is 1. The first-order valence-corrected chi connectivity index (χ1v) is 6.74. The average Bonchev–Trinajstić information content (AvgIpc) is 2.41. The Morgan fingerprint density at radius 2 is 1.95 bits per heavy atom. The Morgan fingerprint density at radius 3 is 2.58 bits per heavy atom. The Kier molecular flexibility index (Phi) is 4.45. The molecule has 2 aromatic carbocycles. The van der Waals surface area contributed by atoms with Crippen molar-refractivity contribution in [3.8, 4) is 11.5 Å². The highest BCUT2D eigenvalue weighted by atomic mass is 79.9. The van der Waals surface area contributed by atoms with Gasteiger partial charge in [-0.3, -0.25) is 0 Å². The van der Waals surface area contributed by atoms with Gasteiger partial charge in [-0.25, -0.2) is 0 Å². The lowest BCUT2D eigenvalue weighted by Crippen LogP contribution is -2.08. The summed E-state index contributed by atoms with van der Waals surface area (Å²) >= 11 is 3.45. The number of benzene rings is 2. The molecule has 2 aromatic rings. The lowest BCUT2D eigenvalue weighted by Gasteiger charge is -2.14. The number of aliphatic hydroxyl groups is 1. The predicted molar refractivity (Wildman–Crippen MR) is 80.9 cm³/mol. The van der Waals surface area contributed by atoms with E-state index in [9.17, 15) is 0 Å². The molecule has 100 valence electrons. The summed E-state index contributed by atoms with van der Waals surface area (Å²) in [6.07, 6.45) is 0. The SMILES string of the molecule is CN(C)c1cccc(Oc2ccc(CO)cc2Br)c1. The molecule has 0 unspecified atom stereocenters. The highest BCUT2D eigenvalue weighted by molar-refractivity contribution is 9.10. The van der Waals surface area contributed by atoms with Gasteiger partial charge in [0.1, 0.15) is 11.5 Å². The van der Waals surface area contributed by atoms with Gasteiger partial charge in [-0.05, 0) is 45.8 Å². The van der Waals surface area contributed by atoms with Crippen molar-refractivity contribution in [1.29, 1.82) is 0 Å². The van der Waals surface area contributed by atoms with Crippen LogP contribution in [0, 0.1) is 0 Å². The molecule has 0 radical (unpaired) electrons. The van der Waals surface area contributed by atoms with E-state index in [0.29, 0.717) is 0 Å². The van der Waals surface area contributed by atoms with Crippen molar-refractivity contribution < 1.29 is 9.84 Å². The molecule has 0 aliphatic rings. The number of rotatable bonds is 4. The fraction of sp³-hybridized carbons (Fsp3) is 0.200. The average molecular weight is 322 g/mol. The summed E-state index contributed by atoms with van der Waals surface area (Å²) in [4.78, 5) is 2.02. The number of nitrogens with zero attached hydrogens (tertiary/aromatic N) is 1. The highest BCUT2D eigenvalue weighted by Crippen LogP contribution is 2.31. The normalized spacial score (nSPS) is 10.3. The summed E-state index contributed by atoms with van der Waals surface area (Å²) in [6, 6.07) is 13.4. The third-order valence-electron chi connectivity index (χ3n) is 2.74. The van der Waals surface area contributed by atoms with E-state index in [1.807, 2.05) is 61.5 Å². The minimum Gasteiger partial charge on any atom is -0.456 e. The summed E-state index contributed by atoms with van der Waals surface area (Å²) in [5, 5.41) is 9.07. The van der Waals surface area contributed by atoms with E-state index < -0.39 is 0 Å². The van der Waals surface area contributed by atoms with E-state index in [4.69, 9.17) is 9.84 Å². The molecule has 0 spiro atoms. The van der Waals surface area contributed by atoms with Gasteiger partial charge in [-0.1, -0.05) is 12.1 Å². The molecule has 0 bridgehead atoms. The highest BCUT2D eigenvalue weighted by Gasteiger charge is 2.05. The van der Waals surface area contributed by atoms with Gasteiger partial charge in [0.25, 0.3) is 0 Å². The van der Waals surface area contributed by atoms with Gasteiger partial charge < -0.3 is 14.7 Å². The van der Waals surface area contributed by atoms with Crippen molar-refractivity contribution in [2.45, 2.75) is 6.61 Å². The molecule has 4 heteroatoms. The van der Waals surface area contributed by atoms with E-state index in [0.717, 1.165) is 27.2 Å². The van der Waals surface area contributed by atoms with Crippen molar-refractivity contribution in [3.63, 3.8) is 0 Å². The Labute approximate surface area is 121 Å². The predicted octanol–water partition coefficient (Wildman–Crippen LogP) is 3.80. The number of hydrogen-bond acceptors (Lipinski definition) is 3. The molecule has 0 aromatic heterocycles. The van der Waals surface area contributed by atoms with Crippen molar-refractivity contribution in [3.05, 3.63) is 52.5 Å². The fourth-order valence-electron chi connectivity index (χ4n) is 1.68. The lowest BCUT2D eigenvalue weighted by molar-refractivity contribution is 0.281. The van der Waals surface area contributed by atoms with Crippen molar-refractivity contribution in [2.75, 3.05) is 19.0 Å². The molecule has 0 aliphatic carbocycles. The van der Waals surface area contributed by atoms with Crippen LogP contribution in [0.2, 0.25) is 0 Å². The van der Waals surface area contributed by atoms with Crippen LogP contribution in [-0.2, 0) is 6.61 Å². The first kappa shape index (κ1) is 13.9. The van der Waals surface area contributed by atoms with Crippen molar-refractivity contribution >= 4 is 21.6 Å². The Hall–Kier alpha value is -1.52. The van der Waals surface area contributed by atoms with Gasteiger partial charge in [0.15, 0.2) is 0 Å². The molecule has 19 heavy (non-hydrogen) atoms. The fourth-order valence-corrected chi connectivity index (χ4v) is 2.18. The Balaban J connectivity index is 2.23. The van der Waals surface area contributed by atoms with E-state index in [1.165, 1.54) is 0 Å². The molecule has 0 atom stereocenters. The van der Waals surface area contributed by atoms with Crippen LogP contribution in [0.15, 0.2) is 46.9 Å². The molecular weight excluding hydrogens is 306 g/mol. The zero-order valence-corrected chi connectivity index (χ0v) is 12.5. The first-order chi connectivity index (χ1) is 9.10. The van der Waals surface area contributed by atoms with Crippen LogP contribution in [0.1, 0.15) is 5.56 Å². The quantitative estimate of drug-likeness (QED) is 0.929. The van der Waals surface area contributed by atoms with Crippen LogP contribution in [0.5, 0.6) is 11.5 Å². The van der Waals surface area contributed by atoms with E-state index in [1.54, 1.807) is 0 Å². The zero-order chi connectivity index (χ0) is 13.8. The molecule has 0 aliphatic heterocycles. The van der Waals surface area contributed by atoms with Gasteiger partial charge in [0.2, 0.25) is 0 Å². The van der Waals surface area contributed by atoms with E-state index >= 15 is 0 Å². The zero-order valence-electron chi connectivity index (χ0n) is 10.9. The monoisotopic (exact) mass is 321 g/mol. The lowest BCUT2D eigenvalue weighted by atomic mass is 10.2. The van der Waals surface area contributed by atoms with Crippen LogP contribution >= 0.6 is 15.9 Å². The number of anilines is 1. The van der Waals surface area contributed by atoms with Gasteiger partial charge in [0, 0.05) is 25.8 Å². The first-order valence-electron chi connectivity index (χ1n) is 5.94.